The lowest BCUT2D eigenvalue weighted by molar-refractivity contribution is -0.136. The summed E-state index contributed by atoms with van der Waals surface area (Å²) < 4.78 is 5.11. The number of benzene rings is 1. The second kappa shape index (κ2) is 9.59. The Morgan fingerprint density at radius 2 is 1.71 bits per heavy atom. The second-order valence-electron chi connectivity index (χ2n) is 7.42. The quantitative estimate of drug-likeness (QED) is 0.778. The van der Waals surface area contributed by atoms with Crippen molar-refractivity contribution >= 4 is 35.6 Å². The van der Waals surface area contributed by atoms with E-state index < -0.39 is 11.7 Å². The van der Waals surface area contributed by atoms with Crippen molar-refractivity contribution in [2.24, 2.45) is 0 Å². The lowest BCUT2D eigenvalue weighted by Gasteiger charge is -2.34. The van der Waals surface area contributed by atoms with Crippen LogP contribution in [0.3, 0.4) is 0 Å². The first-order valence-corrected chi connectivity index (χ1v) is 9.49. The fourth-order valence-corrected chi connectivity index (χ4v) is 2.83. The van der Waals surface area contributed by atoms with Crippen molar-refractivity contribution in [3.8, 4) is 0 Å². The van der Waals surface area contributed by atoms with Crippen LogP contribution in [-0.2, 0) is 14.3 Å². The monoisotopic (exact) mass is 407 g/mol. The van der Waals surface area contributed by atoms with E-state index in [1.165, 1.54) is 6.08 Å². The molecule has 152 valence electrons. The fourth-order valence-electron chi connectivity index (χ4n) is 2.63. The molecule has 1 aromatic carbocycles. The molecule has 1 aliphatic heterocycles. The molecule has 1 fully saturated rings. The van der Waals surface area contributed by atoms with E-state index in [2.05, 4.69) is 5.32 Å². The van der Waals surface area contributed by atoms with Crippen LogP contribution in [0.25, 0.3) is 6.08 Å². The SMILES string of the molecule is CC(C)(C)OC(=O)NCC(=O)N1CCN(C(=O)/C=C/c2ccccc2Cl)CC1. The van der Waals surface area contributed by atoms with Gasteiger partial charge in [-0.2, -0.15) is 0 Å². The average molecular weight is 408 g/mol. The first-order chi connectivity index (χ1) is 13.2. The highest BCUT2D eigenvalue weighted by molar-refractivity contribution is 6.32. The van der Waals surface area contributed by atoms with Crippen LogP contribution in [0.1, 0.15) is 26.3 Å². The number of hydrogen-bond acceptors (Lipinski definition) is 4. The molecule has 28 heavy (non-hydrogen) atoms. The van der Waals surface area contributed by atoms with Crippen molar-refractivity contribution < 1.29 is 19.1 Å². The number of nitrogens with zero attached hydrogens (tertiary/aromatic N) is 2. The summed E-state index contributed by atoms with van der Waals surface area (Å²) in [6, 6.07) is 7.28. The Labute approximate surface area is 170 Å². The molecule has 0 radical (unpaired) electrons. The van der Waals surface area contributed by atoms with Crippen molar-refractivity contribution in [2.45, 2.75) is 26.4 Å². The number of ether oxygens (including phenoxy) is 1. The van der Waals surface area contributed by atoms with Gasteiger partial charge in [-0.1, -0.05) is 29.8 Å². The van der Waals surface area contributed by atoms with E-state index in [1.807, 2.05) is 18.2 Å². The zero-order chi connectivity index (χ0) is 20.7. The molecule has 3 amide bonds. The normalized spacial score (nSPS) is 14.9. The molecule has 1 heterocycles. The van der Waals surface area contributed by atoms with Gasteiger partial charge in [0.05, 0.1) is 0 Å². The van der Waals surface area contributed by atoms with Gasteiger partial charge in [0, 0.05) is 37.3 Å². The van der Waals surface area contributed by atoms with E-state index in [1.54, 1.807) is 42.7 Å². The molecule has 2 rings (SSSR count). The largest absolute Gasteiger partial charge is 0.444 e. The molecule has 8 heteroatoms. The molecule has 0 spiro atoms. The third kappa shape index (κ3) is 6.88. The summed E-state index contributed by atoms with van der Waals surface area (Å²) in [6.07, 6.45) is 2.55. The van der Waals surface area contributed by atoms with Gasteiger partial charge in [0.1, 0.15) is 12.1 Å². The summed E-state index contributed by atoms with van der Waals surface area (Å²) in [5.74, 6) is -0.330. The van der Waals surface area contributed by atoms with Crippen LogP contribution in [-0.4, -0.2) is 66.0 Å². The van der Waals surface area contributed by atoms with E-state index in [-0.39, 0.29) is 18.4 Å². The molecular weight excluding hydrogens is 382 g/mol. The van der Waals surface area contributed by atoms with E-state index >= 15 is 0 Å². The number of alkyl carbamates (subject to hydrolysis) is 1. The minimum absolute atomic E-state index is 0.126. The molecule has 1 aromatic rings. The summed E-state index contributed by atoms with van der Waals surface area (Å²) in [6.45, 7) is 6.84. The number of amides is 3. The van der Waals surface area contributed by atoms with E-state index in [0.717, 1.165) is 5.56 Å². The van der Waals surface area contributed by atoms with Gasteiger partial charge in [-0.05, 0) is 38.5 Å². The van der Waals surface area contributed by atoms with Crippen LogP contribution in [0.4, 0.5) is 4.79 Å². The van der Waals surface area contributed by atoms with Crippen molar-refractivity contribution in [2.75, 3.05) is 32.7 Å². The Bertz CT molecular complexity index is 750. The lowest BCUT2D eigenvalue weighted by Crippen LogP contribution is -2.52. The minimum Gasteiger partial charge on any atom is -0.444 e. The van der Waals surface area contributed by atoms with Crippen molar-refractivity contribution in [1.29, 1.82) is 0 Å². The van der Waals surface area contributed by atoms with Gasteiger partial charge in [-0.25, -0.2) is 4.79 Å². The summed E-state index contributed by atoms with van der Waals surface area (Å²) in [7, 11) is 0. The van der Waals surface area contributed by atoms with Gasteiger partial charge < -0.3 is 19.9 Å². The highest BCUT2D eigenvalue weighted by Crippen LogP contribution is 2.16. The summed E-state index contributed by atoms with van der Waals surface area (Å²) in [5.41, 5.74) is 0.163. The molecule has 0 saturated carbocycles. The van der Waals surface area contributed by atoms with Crippen molar-refractivity contribution in [1.82, 2.24) is 15.1 Å². The van der Waals surface area contributed by atoms with Crippen LogP contribution in [0.5, 0.6) is 0 Å². The molecular formula is C20H26ClN3O4. The topological polar surface area (TPSA) is 79.0 Å². The third-order valence-corrected chi connectivity index (χ3v) is 4.38. The minimum atomic E-state index is -0.626. The number of rotatable bonds is 4. The smallest absolute Gasteiger partial charge is 0.408 e. The molecule has 0 aliphatic carbocycles. The Balaban J connectivity index is 1.77. The summed E-state index contributed by atoms with van der Waals surface area (Å²) >= 11 is 6.08. The average Bonchev–Trinajstić information content (AvgIpc) is 2.64. The number of halogens is 1. The van der Waals surface area contributed by atoms with Gasteiger partial charge in [0.2, 0.25) is 11.8 Å². The molecule has 0 bridgehead atoms. The van der Waals surface area contributed by atoms with E-state index in [0.29, 0.717) is 31.2 Å². The zero-order valence-corrected chi connectivity index (χ0v) is 17.2. The molecule has 1 saturated heterocycles. The Hall–Kier alpha value is -2.54. The predicted octanol–water partition coefficient (Wildman–Crippen LogP) is 2.55. The Morgan fingerprint density at radius 1 is 1.11 bits per heavy atom. The van der Waals surface area contributed by atoms with E-state index in [9.17, 15) is 14.4 Å². The fraction of sp³-hybridized carbons (Fsp3) is 0.450. The van der Waals surface area contributed by atoms with Crippen molar-refractivity contribution in [3.05, 3.63) is 40.9 Å². The van der Waals surface area contributed by atoms with Crippen LogP contribution >= 0.6 is 11.6 Å². The van der Waals surface area contributed by atoms with Gasteiger partial charge in [-0.3, -0.25) is 9.59 Å². The molecule has 7 nitrogen and oxygen atoms in total. The zero-order valence-electron chi connectivity index (χ0n) is 16.4. The number of piperazine rings is 1. The maximum Gasteiger partial charge on any atom is 0.408 e. The van der Waals surface area contributed by atoms with Crippen LogP contribution in [0.15, 0.2) is 30.3 Å². The summed E-state index contributed by atoms with van der Waals surface area (Å²) in [4.78, 5) is 39.5. The highest BCUT2D eigenvalue weighted by atomic mass is 35.5. The predicted molar refractivity (Wildman–Crippen MR) is 108 cm³/mol. The van der Waals surface area contributed by atoms with Gasteiger partial charge in [0.15, 0.2) is 0 Å². The molecule has 0 atom stereocenters. The van der Waals surface area contributed by atoms with Gasteiger partial charge >= 0.3 is 6.09 Å². The number of hydrogen-bond donors (Lipinski definition) is 1. The van der Waals surface area contributed by atoms with Crippen LogP contribution in [0.2, 0.25) is 5.02 Å². The third-order valence-electron chi connectivity index (χ3n) is 4.04. The maximum absolute atomic E-state index is 12.3. The van der Waals surface area contributed by atoms with Gasteiger partial charge in [0.25, 0.3) is 0 Å². The Kier molecular flexibility index (Phi) is 7.45. The highest BCUT2D eigenvalue weighted by Gasteiger charge is 2.24. The first-order valence-electron chi connectivity index (χ1n) is 9.12. The second-order valence-corrected chi connectivity index (χ2v) is 7.82. The van der Waals surface area contributed by atoms with Crippen LogP contribution in [0, 0.1) is 0 Å². The molecule has 0 unspecified atom stereocenters. The molecule has 1 N–H and O–H groups in total. The Morgan fingerprint density at radius 3 is 2.32 bits per heavy atom. The van der Waals surface area contributed by atoms with Crippen molar-refractivity contribution in [3.63, 3.8) is 0 Å². The number of carbonyl (C=O) groups is 3. The number of nitrogens with one attached hydrogen (secondary N) is 1. The molecule has 1 aliphatic rings. The van der Waals surface area contributed by atoms with E-state index in [4.69, 9.17) is 16.3 Å². The van der Waals surface area contributed by atoms with Gasteiger partial charge in [-0.15, -0.1) is 0 Å². The van der Waals surface area contributed by atoms with Crippen LogP contribution < -0.4 is 5.32 Å². The lowest BCUT2D eigenvalue weighted by atomic mass is 10.2. The summed E-state index contributed by atoms with van der Waals surface area (Å²) in [5, 5.41) is 3.04. The standard InChI is InChI=1S/C20H26ClN3O4/c1-20(2,3)28-19(27)22-14-18(26)24-12-10-23(11-13-24)17(25)9-8-15-6-4-5-7-16(15)21/h4-9H,10-14H2,1-3H3,(H,22,27)/b9-8+. The molecule has 0 aromatic heterocycles. The number of carbonyl (C=O) groups excluding carboxylic acids is 3. The first kappa shape index (κ1) is 21.8. The maximum atomic E-state index is 12.3.